The molecule has 0 heterocycles. The van der Waals surface area contributed by atoms with E-state index < -0.39 is 6.61 Å². The highest BCUT2D eigenvalue weighted by Crippen LogP contribution is 2.18. The minimum Gasteiger partial charge on any atom is -0.435 e. The first-order valence-corrected chi connectivity index (χ1v) is 6.39. The summed E-state index contributed by atoms with van der Waals surface area (Å²) >= 11 is 0. The van der Waals surface area contributed by atoms with E-state index in [1.807, 2.05) is 32.0 Å². The highest BCUT2D eigenvalue weighted by molar-refractivity contribution is 6.04. The molecule has 0 aliphatic carbocycles. The number of alkyl halides is 2. The molecule has 21 heavy (non-hydrogen) atoms. The van der Waals surface area contributed by atoms with E-state index in [1.165, 1.54) is 24.3 Å². The summed E-state index contributed by atoms with van der Waals surface area (Å²) in [6.07, 6.45) is 0. The molecular formula is C16H15F2NO2. The van der Waals surface area contributed by atoms with Crippen molar-refractivity contribution in [2.75, 3.05) is 5.32 Å². The summed E-state index contributed by atoms with van der Waals surface area (Å²) in [5.74, 6) is -0.283. The van der Waals surface area contributed by atoms with Gasteiger partial charge in [0.05, 0.1) is 0 Å². The number of carbonyl (C=O) groups is 1. The van der Waals surface area contributed by atoms with E-state index in [9.17, 15) is 13.6 Å². The number of halogens is 2. The van der Waals surface area contributed by atoms with Crippen LogP contribution in [0.4, 0.5) is 14.5 Å². The first-order valence-electron chi connectivity index (χ1n) is 6.39. The summed E-state index contributed by atoms with van der Waals surface area (Å²) in [5, 5.41) is 2.76. The first-order chi connectivity index (χ1) is 9.95. The Morgan fingerprint density at radius 3 is 2.29 bits per heavy atom. The van der Waals surface area contributed by atoms with Crippen LogP contribution in [-0.2, 0) is 0 Å². The van der Waals surface area contributed by atoms with Gasteiger partial charge in [-0.25, -0.2) is 0 Å². The van der Waals surface area contributed by atoms with Crippen LogP contribution in [0.25, 0.3) is 0 Å². The lowest BCUT2D eigenvalue weighted by Gasteiger charge is -2.08. The number of hydrogen-bond acceptors (Lipinski definition) is 2. The lowest BCUT2D eigenvalue weighted by atomic mass is 10.1. The molecule has 0 fully saturated rings. The fourth-order valence-electron chi connectivity index (χ4n) is 1.81. The van der Waals surface area contributed by atoms with Crippen molar-refractivity contribution in [2.45, 2.75) is 20.5 Å². The van der Waals surface area contributed by atoms with E-state index in [0.717, 1.165) is 11.1 Å². The Labute approximate surface area is 121 Å². The molecule has 2 aromatic rings. The molecule has 0 aliphatic heterocycles. The number of ether oxygens (including phenoxy) is 1. The SMILES string of the molecule is Cc1ccc(NC(=O)c2ccc(OC(F)F)cc2)cc1C. The smallest absolute Gasteiger partial charge is 0.387 e. The molecule has 0 unspecified atom stereocenters. The number of aryl methyl sites for hydroxylation is 2. The zero-order valence-electron chi connectivity index (χ0n) is 11.7. The Morgan fingerprint density at radius 2 is 1.71 bits per heavy atom. The van der Waals surface area contributed by atoms with Crippen molar-refractivity contribution < 1.29 is 18.3 Å². The minimum atomic E-state index is -2.87. The maximum Gasteiger partial charge on any atom is 0.387 e. The molecular weight excluding hydrogens is 276 g/mol. The Balaban J connectivity index is 2.07. The molecule has 1 N–H and O–H groups in total. The third-order valence-corrected chi connectivity index (χ3v) is 3.11. The number of carbonyl (C=O) groups excluding carboxylic acids is 1. The number of hydrogen-bond donors (Lipinski definition) is 1. The highest BCUT2D eigenvalue weighted by atomic mass is 19.3. The van der Waals surface area contributed by atoms with E-state index in [1.54, 1.807) is 0 Å². The molecule has 3 nitrogen and oxygen atoms in total. The highest BCUT2D eigenvalue weighted by Gasteiger charge is 2.08. The monoisotopic (exact) mass is 291 g/mol. The number of nitrogens with one attached hydrogen (secondary N) is 1. The fraction of sp³-hybridized carbons (Fsp3) is 0.188. The average Bonchev–Trinajstić information content (AvgIpc) is 2.43. The summed E-state index contributed by atoms with van der Waals surface area (Å²) in [6.45, 7) is 1.07. The largest absolute Gasteiger partial charge is 0.435 e. The van der Waals surface area contributed by atoms with Gasteiger partial charge in [-0.15, -0.1) is 0 Å². The van der Waals surface area contributed by atoms with Gasteiger partial charge in [-0.05, 0) is 61.4 Å². The Hall–Kier alpha value is -2.43. The molecule has 0 saturated carbocycles. The number of anilines is 1. The number of rotatable bonds is 4. The standard InChI is InChI=1S/C16H15F2NO2/c1-10-3-6-13(9-11(10)2)19-15(20)12-4-7-14(8-5-12)21-16(17)18/h3-9,16H,1-2H3,(H,19,20). The summed E-state index contributed by atoms with van der Waals surface area (Å²) < 4.78 is 28.3. The molecule has 1 amide bonds. The third kappa shape index (κ3) is 4.02. The van der Waals surface area contributed by atoms with Gasteiger partial charge in [-0.1, -0.05) is 6.07 Å². The minimum absolute atomic E-state index is 0.0210. The van der Waals surface area contributed by atoms with Crippen molar-refractivity contribution in [1.29, 1.82) is 0 Å². The van der Waals surface area contributed by atoms with Crippen LogP contribution >= 0.6 is 0 Å². The number of amides is 1. The van der Waals surface area contributed by atoms with Gasteiger partial charge < -0.3 is 10.1 Å². The molecule has 0 spiro atoms. The van der Waals surface area contributed by atoms with Gasteiger partial charge in [0.1, 0.15) is 5.75 Å². The second-order valence-electron chi connectivity index (χ2n) is 4.66. The summed E-state index contributed by atoms with van der Waals surface area (Å²) in [7, 11) is 0. The van der Waals surface area contributed by atoms with E-state index in [0.29, 0.717) is 11.3 Å². The van der Waals surface area contributed by atoms with E-state index >= 15 is 0 Å². The second kappa shape index (κ2) is 6.35. The van der Waals surface area contributed by atoms with Crippen molar-refractivity contribution in [3.8, 4) is 5.75 Å². The van der Waals surface area contributed by atoms with Crippen molar-refractivity contribution in [2.24, 2.45) is 0 Å². The average molecular weight is 291 g/mol. The molecule has 0 aliphatic rings. The van der Waals surface area contributed by atoms with Crippen LogP contribution in [0.5, 0.6) is 5.75 Å². The van der Waals surface area contributed by atoms with Crippen LogP contribution in [-0.4, -0.2) is 12.5 Å². The summed E-state index contributed by atoms with van der Waals surface area (Å²) in [6, 6.07) is 11.2. The number of benzene rings is 2. The quantitative estimate of drug-likeness (QED) is 0.918. The van der Waals surface area contributed by atoms with Gasteiger partial charge >= 0.3 is 6.61 Å². The van der Waals surface area contributed by atoms with E-state index in [2.05, 4.69) is 10.1 Å². The zero-order chi connectivity index (χ0) is 15.4. The van der Waals surface area contributed by atoms with E-state index in [-0.39, 0.29) is 11.7 Å². The molecule has 0 atom stereocenters. The maximum absolute atomic E-state index is 12.0. The molecule has 2 aromatic carbocycles. The van der Waals surface area contributed by atoms with Crippen molar-refractivity contribution in [3.05, 3.63) is 59.2 Å². The first kappa shape index (κ1) is 15.0. The Kier molecular flexibility index (Phi) is 4.52. The topological polar surface area (TPSA) is 38.3 Å². The van der Waals surface area contributed by atoms with Crippen LogP contribution in [0.3, 0.4) is 0 Å². The lowest BCUT2D eigenvalue weighted by molar-refractivity contribution is -0.0498. The van der Waals surface area contributed by atoms with Crippen LogP contribution in [0, 0.1) is 13.8 Å². The van der Waals surface area contributed by atoms with Crippen molar-refractivity contribution >= 4 is 11.6 Å². The van der Waals surface area contributed by atoms with Gasteiger partial charge in [0.25, 0.3) is 5.91 Å². The van der Waals surface area contributed by atoms with Gasteiger partial charge in [0, 0.05) is 11.3 Å². The lowest BCUT2D eigenvalue weighted by Crippen LogP contribution is -2.12. The predicted octanol–water partition coefficient (Wildman–Crippen LogP) is 4.16. The van der Waals surface area contributed by atoms with Crippen LogP contribution in [0.1, 0.15) is 21.5 Å². The van der Waals surface area contributed by atoms with Crippen LogP contribution < -0.4 is 10.1 Å². The van der Waals surface area contributed by atoms with Crippen LogP contribution in [0.15, 0.2) is 42.5 Å². The fourth-order valence-corrected chi connectivity index (χ4v) is 1.81. The third-order valence-electron chi connectivity index (χ3n) is 3.11. The molecule has 110 valence electrons. The Morgan fingerprint density at radius 1 is 1.05 bits per heavy atom. The van der Waals surface area contributed by atoms with E-state index in [4.69, 9.17) is 0 Å². The zero-order valence-corrected chi connectivity index (χ0v) is 11.7. The summed E-state index contributed by atoms with van der Waals surface area (Å²) in [4.78, 5) is 12.0. The Bertz CT molecular complexity index is 639. The van der Waals surface area contributed by atoms with Gasteiger partial charge in [-0.2, -0.15) is 8.78 Å². The predicted molar refractivity (Wildman–Crippen MR) is 76.9 cm³/mol. The second-order valence-corrected chi connectivity index (χ2v) is 4.66. The van der Waals surface area contributed by atoms with Gasteiger partial charge in [-0.3, -0.25) is 4.79 Å². The van der Waals surface area contributed by atoms with Crippen molar-refractivity contribution in [3.63, 3.8) is 0 Å². The van der Waals surface area contributed by atoms with Crippen molar-refractivity contribution in [1.82, 2.24) is 0 Å². The molecule has 5 heteroatoms. The van der Waals surface area contributed by atoms with Gasteiger partial charge in [0.15, 0.2) is 0 Å². The molecule has 0 radical (unpaired) electrons. The molecule has 0 saturated heterocycles. The van der Waals surface area contributed by atoms with Gasteiger partial charge in [0.2, 0.25) is 0 Å². The normalized spacial score (nSPS) is 10.5. The molecule has 0 aromatic heterocycles. The molecule has 0 bridgehead atoms. The molecule has 2 rings (SSSR count). The maximum atomic E-state index is 12.0. The summed E-state index contributed by atoms with van der Waals surface area (Å²) in [5.41, 5.74) is 3.28. The van der Waals surface area contributed by atoms with Crippen LogP contribution in [0.2, 0.25) is 0 Å².